The Balaban J connectivity index is 1.63. The first-order valence-corrected chi connectivity index (χ1v) is 9.17. The summed E-state index contributed by atoms with van der Waals surface area (Å²) in [6.45, 7) is 9.50. The minimum atomic E-state index is 0.245. The zero-order valence-electron chi connectivity index (χ0n) is 15.6. The highest BCUT2D eigenvalue weighted by Gasteiger charge is 2.27. The molecule has 25 heavy (non-hydrogen) atoms. The predicted molar refractivity (Wildman–Crippen MR) is 100 cm³/mol. The SMILES string of the molecule is Cc1ccc(CN2CCN(Cc3cnn(C)c3C)CC2CCO)cc1. The summed E-state index contributed by atoms with van der Waals surface area (Å²) in [5.41, 5.74) is 5.19. The smallest absolute Gasteiger partial charge is 0.0537 e. The van der Waals surface area contributed by atoms with E-state index in [0.29, 0.717) is 6.04 Å². The summed E-state index contributed by atoms with van der Waals surface area (Å²) >= 11 is 0. The Morgan fingerprint density at radius 3 is 2.52 bits per heavy atom. The van der Waals surface area contributed by atoms with E-state index in [-0.39, 0.29) is 6.61 Å². The summed E-state index contributed by atoms with van der Waals surface area (Å²) in [7, 11) is 1.99. The van der Waals surface area contributed by atoms with E-state index in [1.807, 2.05) is 17.9 Å². The Hall–Kier alpha value is -1.69. The van der Waals surface area contributed by atoms with Crippen molar-refractivity contribution in [3.8, 4) is 0 Å². The van der Waals surface area contributed by atoms with Gasteiger partial charge in [0, 0.05) is 63.7 Å². The molecule has 0 aliphatic carbocycles. The van der Waals surface area contributed by atoms with Crippen molar-refractivity contribution < 1.29 is 5.11 Å². The third-order valence-electron chi connectivity index (χ3n) is 5.39. The van der Waals surface area contributed by atoms with Crippen molar-refractivity contribution >= 4 is 0 Å². The highest BCUT2D eigenvalue weighted by molar-refractivity contribution is 5.21. The molecule has 1 atom stereocenters. The van der Waals surface area contributed by atoms with E-state index in [4.69, 9.17) is 0 Å². The lowest BCUT2D eigenvalue weighted by atomic mass is 10.1. The third kappa shape index (κ3) is 4.48. The van der Waals surface area contributed by atoms with Crippen LogP contribution in [0.2, 0.25) is 0 Å². The normalized spacial score (nSPS) is 19.4. The number of aliphatic hydroxyl groups is 1. The fourth-order valence-corrected chi connectivity index (χ4v) is 3.60. The quantitative estimate of drug-likeness (QED) is 0.873. The molecule has 0 saturated carbocycles. The Bertz CT molecular complexity index is 680. The molecule has 2 aromatic rings. The van der Waals surface area contributed by atoms with Crippen LogP contribution in [0.1, 0.15) is 28.8 Å². The van der Waals surface area contributed by atoms with Gasteiger partial charge in [-0.1, -0.05) is 29.8 Å². The van der Waals surface area contributed by atoms with Gasteiger partial charge in [0.15, 0.2) is 0 Å². The van der Waals surface area contributed by atoms with Crippen molar-refractivity contribution in [3.05, 3.63) is 52.8 Å². The minimum Gasteiger partial charge on any atom is -0.396 e. The monoisotopic (exact) mass is 342 g/mol. The number of hydrogen-bond donors (Lipinski definition) is 1. The molecule has 1 N–H and O–H groups in total. The van der Waals surface area contributed by atoms with Crippen LogP contribution in [0.4, 0.5) is 0 Å². The van der Waals surface area contributed by atoms with Gasteiger partial charge in [-0.15, -0.1) is 0 Å². The summed E-state index contributed by atoms with van der Waals surface area (Å²) in [6, 6.07) is 9.19. The average Bonchev–Trinajstić information content (AvgIpc) is 2.91. The topological polar surface area (TPSA) is 44.5 Å². The van der Waals surface area contributed by atoms with E-state index in [0.717, 1.165) is 39.1 Å². The number of benzene rings is 1. The molecule has 3 rings (SSSR count). The molecule has 1 aliphatic heterocycles. The van der Waals surface area contributed by atoms with E-state index >= 15 is 0 Å². The van der Waals surface area contributed by atoms with Gasteiger partial charge in [-0.05, 0) is 25.8 Å². The Labute approximate surface area is 150 Å². The lowest BCUT2D eigenvalue weighted by Gasteiger charge is -2.41. The molecule has 136 valence electrons. The van der Waals surface area contributed by atoms with Crippen molar-refractivity contribution in [2.75, 3.05) is 26.2 Å². The maximum absolute atomic E-state index is 9.50. The lowest BCUT2D eigenvalue weighted by molar-refractivity contribution is 0.0499. The molecule has 5 heteroatoms. The maximum Gasteiger partial charge on any atom is 0.0537 e. The summed E-state index contributed by atoms with van der Waals surface area (Å²) in [6.07, 6.45) is 2.81. The van der Waals surface area contributed by atoms with Crippen molar-refractivity contribution in [2.45, 2.75) is 39.4 Å². The van der Waals surface area contributed by atoms with E-state index < -0.39 is 0 Å². The van der Waals surface area contributed by atoms with Crippen molar-refractivity contribution in [1.82, 2.24) is 19.6 Å². The van der Waals surface area contributed by atoms with Gasteiger partial charge in [0.25, 0.3) is 0 Å². The number of aryl methyl sites for hydroxylation is 2. The Kier molecular flexibility index (Phi) is 5.89. The highest BCUT2D eigenvalue weighted by Crippen LogP contribution is 2.19. The highest BCUT2D eigenvalue weighted by atomic mass is 16.3. The molecule has 0 spiro atoms. The molecule has 0 radical (unpaired) electrons. The van der Waals surface area contributed by atoms with E-state index in [1.54, 1.807) is 0 Å². The van der Waals surface area contributed by atoms with Crippen LogP contribution >= 0.6 is 0 Å². The van der Waals surface area contributed by atoms with Gasteiger partial charge in [-0.3, -0.25) is 14.5 Å². The van der Waals surface area contributed by atoms with E-state index in [9.17, 15) is 5.11 Å². The number of aromatic nitrogens is 2. The van der Waals surface area contributed by atoms with Crippen molar-refractivity contribution in [2.24, 2.45) is 7.05 Å². The van der Waals surface area contributed by atoms with Crippen LogP contribution in [0, 0.1) is 13.8 Å². The maximum atomic E-state index is 9.50. The molecule has 1 aromatic heterocycles. The molecule has 1 aliphatic rings. The molecular weight excluding hydrogens is 312 g/mol. The first-order chi connectivity index (χ1) is 12.1. The first-order valence-electron chi connectivity index (χ1n) is 9.17. The second kappa shape index (κ2) is 8.13. The van der Waals surface area contributed by atoms with Gasteiger partial charge in [-0.2, -0.15) is 5.10 Å². The predicted octanol–water partition coefficient (Wildman–Crippen LogP) is 2.11. The first kappa shape index (κ1) is 18.1. The number of hydrogen-bond acceptors (Lipinski definition) is 4. The lowest BCUT2D eigenvalue weighted by Crippen LogP contribution is -2.52. The minimum absolute atomic E-state index is 0.245. The molecule has 1 unspecified atom stereocenters. The summed E-state index contributed by atoms with van der Waals surface area (Å²) < 4.78 is 1.94. The molecule has 1 fully saturated rings. The van der Waals surface area contributed by atoms with E-state index in [1.165, 1.54) is 22.4 Å². The summed E-state index contributed by atoms with van der Waals surface area (Å²) in [4.78, 5) is 5.02. The average molecular weight is 342 g/mol. The van der Waals surface area contributed by atoms with Crippen LogP contribution in [-0.2, 0) is 20.1 Å². The molecular formula is C20H30N4O. The Morgan fingerprint density at radius 1 is 1.12 bits per heavy atom. The van der Waals surface area contributed by atoms with Crippen LogP contribution in [0.5, 0.6) is 0 Å². The Morgan fingerprint density at radius 2 is 1.88 bits per heavy atom. The third-order valence-corrected chi connectivity index (χ3v) is 5.39. The van der Waals surface area contributed by atoms with Crippen LogP contribution < -0.4 is 0 Å². The number of rotatable bonds is 6. The van der Waals surface area contributed by atoms with Crippen LogP contribution in [0.25, 0.3) is 0 Å². The fourth-order valence-electron chi connectivity index (χ4n) is 3.60. The molecule has 0 amide bonds. The zero-order valence-corrected chi connectivity index (χ0v) is 15.6. The fraction of sp³-hybridized carbons (Fsp3) is 0.550. The van der Waals surface area contributed by atoms with E-state index in [2.05, 4.69) is 53.0 Å². The van der Waals surface area contributed by atoms with Crippen LogP contribution in [-0.4, -0.2) is 57.0 Å². The molecule has 2 heterocycles. The van der Waals surface area contributed by atoms with Gasteiger partial charge < -0.3 is 5.11 Å². The van der Waals surface area contributed by atoms with Gasteiger partial charge in [0.1, 0.15) is 0 Å². The number of aliphatic hydroxyl groups excluding tert-OH is 1. The van der Waals surface area contributed by atoms with Gasteiger partial charge in [0.2, 0.25) is 0 Å². The van der Waals surface area contributed by atoms with Crippen molar-refractivity contribution in [3.63, 3.8) is 0 Å². The molecule has 1 aromatic carbocycles. The zero-order chi connectivity index (χ0) is 17.8. The van der Waals surface area contributed by atoms with Crippen LogP contribution in [0.15, 0.2) is 30.5 Å². The van der Waals surface area contributed by atoms with Crippen molar-refractivity contribution in [1.29, 1.82) is 0 Å². The molecule has 1 saturated heterocycles. The van der Waals surface area contributed by atoms with Gasteiger partial charge in [-0.25, -0.2) is 0 Å². The van der Waals surface area contributed by atoms with Crippen LogP contribution in [0.3, 0.4) is 0 Å². The number of nitrogens with zero attached hydrogens (tertiary/aromatic N) is 4. The van der Waals surface area contributed by atoms with Gasteiger partial charge >= 0.3 is 0 Å². The summed E-state index contributed by atoms with van der Waals surface area (Å²) in [5.74, 6) is 0. The standard InChI is InChI=1S/C20H30N4O/c1-16-4-6-18(7-5-16)13-24-10-9-23(15-20(24)8-11-25)14-19-12-21-22(3)17(19)2/h4-7,12,20,25H,8-11,13-15H2,1-3H3. The molecule has 0 bridgehead atoms. The second-order valence-electron chi connectivity index (χ2n) is 7.24. The summed E-state index contributed by atoms with van der Waals surface area (Å²) in [5, 5.41) is 13.9. The van der Waals surface area contributed by atoms with Gasteiger partial charge in [0.05, 0.1) is 6.20 Å². The number of piperazine rings is 1. The molecule has 5 nitrogen and oxygen atoms in total. The largest absolute Gasteiger partial charge is 0.396 e. The second-order valence-corrected chi connectivity index (χ2v) is 7.24.